The third kappa shape index (κ3) is 3.22. The zero-order valence-electron chi connectivity index (χ0n) is 15.4. The lowest BCUT2D eigenvalue weighted by Gasteiger charge is -2.25. The van der Waals surface area contributed by atoms with Crippen LogP contribution in [0, 0.1) is 13.8 Å². The number of nitrogens with zero attached hydrogens (tertiary/aromatic N) is 3. The molecule has 2 amide bonds. The van der Waals surface area contributed by atoms with Gasteiger partial charge in [-0.3, -0.25) is 24.6 Å². The van der Waals surface area contributed by atoms with Crippen LogP contribution in [0.2, 0.25) is 0 Å². The molecule has 0 aromatic carbocycles. The Bertz CT molecular complexity index is 914. The fraction of sp³-hybridized carbons (Fsp3) is 0.529. The number of aromatic amines is 1. The Morgan fingerprint density at radius 3 is 2.77 bits per heavy atom. The van der Waals surface area contributed by atoms with Crippen molar-refractivity contribution in [3.05, 3.63) is 21.8 Å². The van der Waals surface area contributed by atoms with E-state index in [2.05, 4.69) is 15.5 Å². The highest BCUT2D eigenvalue weighted by Gasteiger charge is 2.33. The summed E-state index contributed by atoms with van der Waals surface area (Å²) in [5.41, 5.74) is 0.206. The van der Waals surface area contributed by atoms with Gasteiger partial charge in [-0.25, -0.2) is 5.10 Å². The van der Waals surface area contributed by atoms with Gasteiger partial charge in [-0.2, -0.15) is 5.10 Å². The second-order valence-electron chi connectivity index (χ2n) is 6.78. The number of furan rings is 1. The predicted octanol–water partition coefficient (Wildman–Crippen LogP) is 0.624. The average molecular weight is 361 g/mol. The van der Waals surface area contributed by atoms with E-state index in [1.54, 1.807) is 32.8 Å². The van der Waals surface area contributed by atoms with Crippen molar-refractivity contribution in [2.24, 2.45) is 0 Å². The van der Waals surface area contributed by atoms with E-state index in [1.807, 2.05) is 4.90 Å². The molecule has 1 unspecified atom stereocenters. The Hall–Kier alpha value is -2.68. The highest BCUT2D eigenvalue weighted by molar-refractivity contribution is 6.02. The zero-order chi connectivity index (χ0) is 19.0. The second kappa shape index (κ2) is 6.91. The smallest absolute Gasteiger partial charge is 0.277 e. The summed E-state index contributed by atoms with van der Waals surface area (Å²) in [6.07, 6.45) is 1.60. The molecule has 0 radical (unpaired) electrons. The Morgan fingerprint density at radius 2 is 2.08 bits per heavy atom. The molecule has 1 aliphatic rings. The number of anilines is 1. The van der Waals surface area contributed by atoms with Crippen molar-refractivity contribution >= 4 is 28.5 Å². The van der Waals surface area contributed by atoms with Gasteiger partial charge in [-0.15, -0.1) is 0 Å². The predicted molar refractivity (Wildman–Crippen MR) is 96.0 cm³/mol. The first-order valence-electron chi connectivity index (χ1n) is 8.53. The van der Waals surface area contributed by atoms with Gasteiger partial charge < -0.3 is 9.32 Å². The number of nitrogens with one attached hydrogen (secondary N) is 2. The van der Waals surface area contributed by atoms with Crippen LogP contribution in [0.15, 0.2) is 9.21 Å². The van der Waals surface area contributed by atoms with E-state index in [0.29, 0.717) is 23.4 Å². The molecule has 9 heteroatoms. The van der Waals surface area contributed by atoms with Gasteiger partial charge >= 0.3 is 0 Å². The van der Waals surface area contributed by atoms with Gasteiger partial charge in [-0.1, -0.05) is 0 Å². The summed E-state index contributed by atoms with van der Waals surface area (Å²) in [7, 11) is 3.42. The van der Waals surface area contributed by atoms with E-state index in [4.69, 9.17) is 4.42 Å². The number of aryl methyl sites for hydroxylation is 2. The molecule has 1 aliphatic heterocycles. The number of likely N-dealkylation sites (N-methyl/N-ethyl adjacent to an activating group) is 1. The van der Waals surface area contributed by atoms with Crippen molar-refractivity contribution in [1.82, 2.24) is 20.0 Å². The van der Waals surface area contributed by atoms with Gasteiger partial charge in [0.15, 0.2) is 0 Å². The number of H-pyrrole nitrogens is 1. The van der Waals surface area contributed by atoms with E-state index in [1.165, 1.54) is 0 Å². The summed E-state index contributed by atoms with van der Waals surface area (Å²) >= 11 is 0. The summed E-state index contributed by atoms with van der Waals surface area (Å²) in [6, 6.07) is -0.291. The number of likely N-dealkylation sites (tertiary alicyclic amines) is 1. The topological polar surface area (TPSA) is 112 Å². The third-order valence-electron chi connectivity index (χ3n) is 4.69. The second-order valence-corrected chi connectivity index (χ2v) is 6.78. The molecule has 2 N–H and O–H groups in total. The number of hydrogen-bond acceptors (Lipinski definition) is 6. The average Bonchev–Trinajstić information content (AvgIpc) is 3.15. The van der Waals surface area contributed by atoms with Crippen LogP contribution in [0.1, 0.15) is 24.3 Å². The van der Waals surface area contributed by atoms with Crippen molar-refractivity contribution in [3.8, 4) is 0 Å². The monoisotopic (exact) mass is 361 g/mol. The number of aromatic nitrogens is 2. The van der Waals surface area contributed by atoms with Crippen LogP contribution in [-0.4, -0.2) is 65.0 Å². The molecule has 9 nitrogen and oxygen atoms in total. The number of amides is 2. The Morgan fingerprint density at radius 1 is 1.35 bits per heavy atom. The van der Waals surface area contributed by atoms with Crippen LogP contribution < -0.4 is 10.9 Å². The van der Waals surface area contributed by atoms with Crippen LogP contribution in [0.4, 0.5) is 5.88 Å². The molecule has 3 rings (SSSR count). The molecular weight excluding hydrogens is 338 g/mol. The molecule has 1 atom stereocenters. The molecule has 0 saturated carbocycles. The standard InChI is InChI=1S/C17H23N5O4/c1-9-13-10(2)26-16(14(13)15(24)20-19-9)18-12(23)8-22-7-5-6-11(22)17(25)21(3)4/h11H,5-8H2,1-4H3,(H,18,23)(H,20,24). The Labute approximate surface area is 150 Å². The van der Waals surface area contributed by atoms with Crippen molar-refractivity contribution in [2.75, 3.05) is 32.5 Å². The van der Waals surface area contributed by atoms with Crippen LogP contribution >= 0.6 is 0 Å². The molecule has 0 bridgehead atoms. The number of rotatable bonds is 4. The Balaban J connectivity index is 1.79. The van der Waals surface area contributed by atoms with Crippen LogP contribution in [-0.2, 0) is 9.59 Å². The van der Waals surface area contributed by atoms with E-state index < -0.39 is 5.56 Å². The first kappa shape index (κ1) is 18.1. The van der Waals surface area contributed by atoms with Crippen LogP contribution in [0.25, 0.3) is 10.8 Å². The lowest BCUT2D eigenvalue weighted by molar-refractivity contribution is -0.133. The van der Waals surface area contributed by atoms with Crippen molar-refractivity contribution < 1.29 is 14.0 Å². The summed E-state index contributed by atoms with van der Waals surface area (Å²) in [6.45, 7) is 4.22. The fourth-order valence-electron chi connectivity index (χ4n) is 3.48. The van der Waals surface area contributed by atoms with E-state index in [-0.39, 0.29) is 35.7 Å². The van der Waals surface area contributed by atoms with Gasteiger partial charge in [0.25, 0.3) is 5.56 Å². The molecule has 2 aromatic heterocycles. The van der Waals surface area contributed by atoms with Crippen molar-refractivity contribution in [1.29, 1.82) is 0 Å². The molecule has 140 valence electrons. The lowest BCUT2D eigenvalue weighted by Crippen LogP contribution is -2.45. The maximum Gasteiger partial charge on any atom is 0.277 e. The minimum Gasteiger partial charge on any atom is -0.444 e. The third-order valence-corrected chi connectivity index (χ3v) is 4.69. The number of carbonyl (C=O) groups excluding carboxylic acids is 2. The fourth-order valence-corrected chi connectivity index (χ4v) is 3.48. The first-order chi connectivity index (χ1) is 12.3. The van der Waals surface area contributed by atoms with Gasteiger partial charge in [0.2, 0.25) is 17.7 Å². The first-order valence-corrected chi connectivity index (χ1v) is 8.53. The van der Waals surface area contributed by atoms with Gasteiger partial charge in [0.05, 0.1) is 23.7 Å². The van der Waals surface area contributed by atoms with Gasteiger partial charge in [0.1, 0.15) is 11.1 Å². The molecule has 2 aromatic rings. The highest BCUT2D eigenvalue weighted by atomic mass is 16.4. The van der Waals surface area contributed by atoms with Crippen LogP contribution in [0.5, 0.6) is 0 Å². The number of hydrogen-bond donors (Lipinski definition) is 2. The van der Waals surface area contributed by atoms with Gasteiger partial charge in [-0.05, 0) is 33.2 Å². The molecule has 0 aliphatic carbocycles. The van der Waals surface area contributed by atoms with E-state index in [9.17, 15) is 14.4 Å². The zero-order valence-corrected chi connectivity index (χ0v) is 15.4. The highest BCUT2D eigenvalue weighted by Crippen LogP contribution is 2.28. The number of carbonyl (C=O) groups is 2. The van der Waals surface area contributed by atoms with Gasteiger partial charge in [0, 0.05) is 14.1 Å². The van der Waals surface area contributed by atoms with Crippen molar-refractivity contribution in [2.45, 2.75) is 32.7 Å². The molecule has 26 heavy (non-hydrogen) atoms. The summed E-state index contributed by atoms with van der Waals surface area (Å²) in [4.78, 5) is 40.2. The number of fused-ring (bicyclic) bond motifs is 1. The quantitative estimate of drug-likeness (QED) is 0.826. The summed E-state index contributed by atoms with van der Waals surface area (Å²) in [5, 5.41) is 9.88. The molecule has 3 heterocycles. The molecule has 1 fully saturated rings. The molecule has 1 saturated heterocycles. The largest absolute Gasteiger partial charge is 0.444 e. The van der Waals surface area contributed by atoms with Crippen LogP contribution in [0.3, 0.4) is 0 Å². The lowest BCUT2D eigenvalue weighted by atomic mass is 10.2. The maximum absolute atomic E-state index is 12.5. The summed E-state index contributed by atoms with van der Waals surface area (Å²) in [5.74, 6) is 0.304. The summed E-state index contributed by atoms with van der Waals surface area (Å²) < 4.78 is 5.59. The minimum atomic E-state index is -0.417. The maximum atomic E-state index is 12.5. The van der Waals surface area contributed by atoms with Crippen molar-refractivity contribution in [3.63, 3.8) is 0 Å². The van der Waals surface area contributed by atoms with E-state index in [0.717, 1.165) is 12.8 Å². The SMILES string of the molecule is Cc1n[nH]c(=O)c2c(NC(=O)CN3CCCC3C(=O)N(C)C)oc(C)c12. The molecular formula is C17H23N5O4. The minimum absolute atomic E-state index is 0.00673. The normalized spacial score (nSPS) is 17.6. The molecule has 0 spiro atoms. The Kier molecular flexibility index (Phi) is 4.82. The van der Waals surface area contributed by atoms with E-state index >= 15 is 0 Å².